The fourth-order valence-electron chi connectivity index (χ4n) is 5.15. The largest absolute Gasteiger partial charge is 0.396 e. The maximum absolute atomic E-state index is 14.0. The van der Waals surface area contributed by atoms with Crippen LogP contribution < -0.4 is 0 Å². The summed E-state index contributed by atoms with van der Waals surface area (Å²) in [6, 6.07) is 15.0. The van der Waals surface area contributed by atoms with E-state index in [2.05, 4.69) is 6.92 Å². The molecule has 2 aliphatic carbocycles. The second-order valence-corrected chi connectivity index (χ2v) is 10.8. The summed E-state index contributed by atoms with van der Waals surface area (Å²) in [5.74, 6) is 0.0477. The number of aliphatic hydroxyl groups is 1. The minimum absolute atomic E-state index is 0.0684. The van der Waals surface area contributed by atoms with Crippen molar-refractivity contribution in [2.24, 2.45) is 11.3 Å². The average Bonchev–Trinajstić information content (AvgIpc) is 3.59. The first kappa shape index (κ1) is 23.6. The number of carbonyl (C=O) groups is 1. The molecule has 0 radical (unpaired) electrons. The van der Waals surface area contributed by atoms with Crippen LogP contribution in [0.3, 0.4) is 0 Å². The van der Waals surface area contributed by atoms with Gasteiger partial charge >= 0.3 is 0 Å². The molecule has 1 heterocycles. The zero-order valence-corrected chi connectivity index (χ0v) is 20.9. The molecule has 34 heavy (non-hydrogen) atoms. The number of ether oxygens (including phenoxy) is 1. The monoisotopic (exact) mass is 497 g/mol. The van der Waals surface area contributed by atoms with Crippen LogP contribution in [0, 0.1) is 11.3 Å². The van der Waals surface area contributed by atoms with Gasteiger partial charge in [-0.25, -0.2) is 0 Å². The van der Waals surface area contributed by atoms with Crippen LogP contribution >= 0.6 is 23.2 Å². The highest BCUT2D eigenvalue weighted by Crippen LogP contribution is 2.54. The van der Waals surface area contributed by atoms with Crippen LogP contribution in [0.1, 0.15) is 60.6 Å². The van der Waals surface area contributed by atoms with E-state index in [4.69, 9.17) is 27.9 Å². The van der Waals surface area contributed by atoms with Crippen molar-refractivity contribution in [2.45, 2.75) is 44.9 Å². The van der Waals surface area contributed by atoms with Crippen molar-refractivity contribution in [1.29, 1.82) is 0 Å². The molecule has 6 heteroatoms. The summed E-state index contributed by atoms with van der Waals surface area (Å²) in [7, 11) is 0. The Morgan fingerprint density at radius 1 is 1.12 bits per heavy atom. The molecule has 4 nitrogen and oxygen atoms in total. The number of rotatable bonds is 7. The standard InChI is InChI=1S/C28H29Cl2NO3/c1-18-15-21(9-12-25(18)30)28(34-17-27(16-32)13-14-27)24-6-4-3-5-23(24)26(33)31(28)19(2)20-7-10-22(29)11-8-20/h3-12,18-19,32H,13-17H2,1-2H3. The van der Waals surface area contributed by atoms with E-state index in [0.29, 0.717) is 23.6 Å². The fourth-order valence-corrected chi connectivity index (χ4v) is 5.41. The zero-order chi connectivity index (χ0) is 24.1. The molecule has 0 bridgehead atoms. The molecule has 1 amide bonds. The predicted octanol–water partition coefficient (Wildman–Crippen LogP) is 6.59. The lowest BCUT2D eigenvalue weighted by Crippen LogP contribution is -2.50. The van der Waals surface area contributed by atoms with Gasteiger partial charge < -0.3 is 9.84 Å². The van der Waals surface area contributed by atoms with E-state index in [-0.39, 0.29) is 29.9 Å². The van der Waals surface area contributed by atoms with Gasteiger partial charge in [-0.2, -0.15) is 0 Å². The lowest BCUT2D eigenvalue weighted by molar-refractivity contribution is -0.142. The van der Waals surface area contributed by atoms with Crippen LogP contribution in [0.5, 0.6) is 0 Å². The quantitative estimate of drug-likeness (QED) is 0.469. The molecular formula is C28H29Cl2NO3. The molecule has 5 rings (SSSR count). The van der Waals surface area contributed by atoms with Gasteiger partial charge in [-0.05, 0) is 67.5 Å². The van der Waals surface area contributed by atoms with Crippen LogP contribution in [-0.4, -0.2) is 29.1 Å². The van der Waals surface area contributed by atoms with Gasteiger partial charge in [0, 0.05) is 26.6 Å². The van der Waals surface area contributed by atoms with Crippen LogP contribution in [0.15, 0.2) is 71.3 Å². The molecule has 1 N–H and O–H groups in total. The molecule has 2 aromatic rings. The predicted molar refractivity (Wildman–Crippen MR) is 135 cm³/mol. The molecule has 1 fully saturated rings. The minimum atomic E-state index is -1.08. The number of carbonyl (C=O) groups excluding carboxylic acids is 1. The first-order valence-electron chi connectivity index (χ1n) is 11.8. The van der Waals surface area contributed by atoms with Crippen LogP contribution in [-0.2, 0) is 10.5 Å². The third-order valence-electron chi connectivity index (χ3n) is 7.58. The molecule has 3 unspecified atom stereocenters. The minimum Gasteiger partial charge on any atom is -0.396 e. The van der Waals surface area contributed by atoms with Gasteiger partial charge in [-0.15, -0.1) is 0 Å². The summed E-state index contributed by atoms with van der Waals surface area (Å²) >= 11 is 12.6. The summed E-state index contributed by atoms with van der Waals surface area (Å²) in [5, 5.41) is 11.5. The first-order valence-corrected chi connectivity index (χ1v) is 12.6. The number of benzene rings is 2. The Bertz CT molecular complexity index is 1170. The van der Waals surface area contributed by atoms with Gasteiger partial charge in [0.25, 0.3) is 5.91 Å². The lowest BCUT2D eigenvalue weighted by Gasteiger charge is -2.45. The molecule has 178 valence electrons. The Morgan fingerprint density at radius 3 is 2.47 bits per heavy atom. The van der Waals surface area contributed by atoms with E-state index in [1.54, 1.807) is 0 Å². The van der Waals surface area contributed by atoms with Crippen LogP contribution in [0.25, 0.3) is 0 Å². The number of allylic oxidation sites excluding steroid dienone is 3. The second-order valence-electron chi connectivity index (χ2n) is 9.89. The Kier molecular flexibility index (Phi) is 6.14. The van der Waals surface area contributed by atoms with Gasteiger partial charge in [0.2, 0.25) is 0 Å². The first-order chi connectivity index (χ1) is 16.3. The fraction of sp³-hybridized carbons (Fsp3) is 0.393. The van der Waals surface area contributed by atoms with Crippen molar-refractivity contribution in [3.05, 3.63) is 93.0 Å². The highest BCUT2D eigenvalue weighted by atomic mass is 35.5. The summed E-state index contributed by atoms with van der Waals surface area (Å²) in [4.78, 5) is 15.9. The van der Waals surface area contributed by atoms with Crippen molar-refractivity contribution in [3.63, 3.8) is 0 Å². The molecule has 2 aromatic carbocycles. The number of halogens is 2. The number of amides is 1. The Morgan fingerprint density at radius 2 is 1.82 bits per heavy atom. The van der Waals surface area contributed by atoms with E-state index in [9.17, 15) is 9.90 Å². The molecule has 3 atom stereocenters. The number of hydrogen-bond acceptors (Lipinski definition) is 3. The Hall–Kier alpha value is -2.11. The Labute approximate surface area is 210 Å². The van der Waals surface area contributed by atoms with Gasteiger partial charge in [0.1, 0.15) is 0 Å². The number of fused-ring (bicyclic) bond motifs is 1. The SMILES string of the molecule is CC1CC(C2(OCC3(CO)CC3)c3ccccc3C(=O)N2C(C)c2ccc(Cl)cc2)=CC=C1Cl. The highest BCUT2D eigenvalue weighted by Gasteiger charge is 2.57. The topological polar surface area (TPSA) is 49.8 Å². The summed E-state index contributed by atoms with van der Waals surface area (Å²) in [6.07, 6.45) is 6.45. The van der Waals surface area contributed by atoms with E-state index >= 15 is 0 Å². The molecular weight excluding hydrogens is 469 g/mol. The molecule has 1 aliphatic heterocycles. The van der Waals surface area contributed by atoms with E-state index in [1.807, 2.05) is 72.5 Å². The number of hydrogen-bond donors (Lipinski definition) is 1. The third-order valence-corrected chi connectivity index (χ3v) is 8.33. The van der Waals surface area contributed by atoms with Crippen molar-refractivity contribution < 1.29 is 14.6 Å². The van der Waals surface area contributed by atoms with Gasteiger partial charge in [0.05, 0.1) is 19.3 Å². The second kappa shape index (κ2) is 8.83. The van der Waals surface area contributed by atoms with Crippen molar-refractivity contribution in [2.75, 3.05) is 13.2 Å². The van der Waals surface area contributed by atoms with Crippen molar-refractivity contribution in [1.82, 2.24) is 4.90 Å². The normalized spacial score (nSPS) is 26.1. The van der Waals surface area contributed by atoms with Crippen LogP contribution in [0.2, 0.25) is 5.02 Å². The van der Waals surface area contributed by atoms with Crippen LogP contribution in [0.4, 0.5) is 0 Å². The molecule has 0 aromatic heterocycles. The van der Waals surface area contributed by atoms with Gasteiger partial charge in [-0.3, -0.25) is 9.69 Å². The Balaban J connectivity index is 1.69. The summed E-state index contributed by atoms with van der Waals surface area (Å²) < 4.78 is 6.89. The van der Waals surface area contributed by atoms with Crippen molar-refractivity contribution >= 4 is 29.1 Å². The van der Waals surface area contributed by atoms with E-state index in [1.165, 1.54) is 0 Å². The smallest absolute Gasteiger partial charge is 0.257 e. The molecule has 0 spiro atoms. The summed E-state index contributed by atoms with van der Waals surface area (Å²) in [5.41, 5.74) is 2.14. The molecule has 0 saturated heterocycles. The van der Waals surface area contributed by atoms with E-state index in [0.717, 1.165) is 34.6 Å². The molecule has 1 saturated carbocycles. The van der Waals surface area contributed by atoms with Crippen molar-refractivity contribution in [3.8, 4) is 0 Å². The maximum atomic E-state index is 14.0. The summed E-state index contributed by atoms with van der Waals surface area (Å²) in [6.45, 7) is 4.57. The van der Waals surface area contributed by atoms with Gasteiger partial charge in [0.15, 0.2) is 5.72 Å². The zero-order valence-electron chi connectivity index (χ0n) is 19.4. The number of nitrogens with zero attached hydrogens (tertiary/aromatic N) is 1. The number of aliphatic hydroxyl groups excluding tert-OH is 1. The third kappa shape index (κ3) is 3.81. The lowest BCUT2D eigenvalue weighted by atomic mass is 9.83. The average molecular weight is 498 g/mol. The van der Waals surface area contributed by atoms with Gasteiger partial charge in [-0.1, -0.05) is 66.5 Å². The van der Waals surface area contributed by atoms with E-state index < -0.39 is 5.72 Å². The highest BCUT2D eigenvalue weighted by molar-refractivity contribution is 6.30. The maximum Gasteiger partial charge on any atom is 0.257 e. The molecule has 3 aliphatic rings.